The third-order valence-corrected chi connectivity index (χ3v) is 8.27. The Labute approximate surface area is 206 Å². The van der Waals surface area contributed by atoms with E-state index < -0.39 is 16.0 Å². The molecule has 1 atom stereocenters. The lowest BCUT2D eigenvalue weighted by Crippen LogP contribution is -2.46. The Bertz CT molecular complexity index is 1020. The molecular weight excluding hydrogens is 476 g/mol. The normalized spacial score (nSPS) is 15.9. The van der Waals surface area contributed by atoms with E-state index in [1.54, 1.807) is 36.4 Å². The molecule has 34 heavy (non-hydrogen) atoms. The smallest absolute Gasteiger partial charge is 0.303 e. The number of carbonyl (C=O) groups is 1. The molecule has 2 aromatic rings. The largest absolute Gasteiger partial charge is 0.481 e. The molecule has 0 saturated carbocycles. The quantitative estimate of drug-likeness (QED) is 0.425. The van der Waals surface area contributed by atoms with Crippen LogP contribution in [-0.2, 0) is 26.0 Å². The molecule has 1 aliphatic heterocycles. The SMILES string of the molecule is C[C@H](CS)N(CCN1CCOCC1)S(=O)(=O)c1ccc(Oc2ccc(CCC(=O)O)cc2)cc1. The van der Waals surface area contributed by atoms with Gasteiger partial charge in [-0.15, -0.1) is 0 Å². The number of ether oxygens (including phenoxy) is 2. The van der Waals surface area contributed by atoms with Crippen molar-refractivity contribution in [3.8, 4) is 11.5 Å². The Morgan fingerprint density at radius 2 is 1.71 bits per heavy atom. The summed E-state index contributed by atoms with van der Waals surface area (Å²) < 4.78 is 39.5. The lowest BCUT2D eigenvalue weighted by atomic mass is 10.1. The van der Waals surface area contributed by atoms with Gasteiger partial charge in [0, 0.05) is 44.4 Å². The van der Waals surface area contributed by atoms with Crippen LogP contribution < -0.4 is 4.74 Å². The molecule has 0 radical (unpaired) electrons. The van der Waals surface area contributed by atoms with Gasteiger partial charge in [-0.25, -0.2) is 8.42 Å². The van der Waals surface area contributed by atoms with E-state index in [0.29, 0.717) is 50.0 Å². The molecule has 0 amide bonds. The van der Waals surface area contributed by atoms with Crippen molar-refractivity contribution in [2.24, 2.45) is 0 Å². The standard InChI is InChI=1S/C24H32N2O6S2/c1-19(18-33)26(13-12-25-14-16-31-17-15-25)34(29,30)23-9-7-22(8-10-23)32-21-5-2-20(3-6-21)4-11-24(27)28/h2-3,5-10,19,33H,4,11-18H2,1H3,(H,27,28)/t19-/m1/s1. The van der Waals surface area contributed by atoms with Gasteiger partial charge in [-0.3, -0.25) is 9.69 Å². The van der Waals surface area contributed by atoms with Gasteiger partial charge < -0.3 is 14.6 Å². The molecular formula is C24H32N2O6S2. The molecule has 3 rings (SSSR count). The van der Waals surface area contributed by atoms with E-state index in [2.05, 4.69) is 17.5 Å². The fourth-order valence-electron chi connectivity index (χ4n) is 3.66. The summed E-state index contributed by atoms with van der Waals surface area (Å²) in [5, 5.41) is 8.79. The van der Waals surface area contributed by atoms with Crippen LogP contribution in [0.2, 0.25) is 0 Å². The molecule has 1 heterocycles. The van der Waals surface area contributed by atoms with Crippen molar-refractivity contribution in [2.45, 2.75) is 30.7 Å². The third-order valence-electron chi connectivity index (χ3n) is 5.71. The second-order valence-corrected chi connectivity index (χ2v) is 10.5. The van der Waals surface area contributed by atoms with E-state index in [1.807, 2.05) is 19.1 Å². The number of carboxylic acid groups (broad SMARTS) is 1. The predicted molar refractivity (Wildman–Crippen MR) is 133 cm³/mol. The van der Waals surface area contributed by atoms with Crippen molar-refractivity contribution < 1.29 is 27.8 Å². The van der Waals surface area contributed by atoms with E-state index in [1.165, 1.54) is 4.31 Å². The van der Waals surface area contributed by atoms with Gasteiger partial charge in [0.05, 0.1) is 18.1 Å². The van der Waals surface area contributed by atoms with Crippen LogP contribution in [0.25, 0.3) is 0 Å². The summed E-state index contributed by atoms with van der Waals surface area (Å²) in [6.45, 7) is 5.83. The highest BCUT2D eigenvalue weighted by Gasteiger charge is 2.29. The summed E-state index contributed by atoms with van der Waals surface area (Å²) in [5.41, 5.74) is 0.909. The van der Waals surface area contributed by atoms with Gasteiger partial charge in [-0.2, -0.15) is 16.9 Å². The molecule has 0 unspecified atom stereocenters. The van der Waals surface area contributed by atoms with Gasteiger partial charge in [0.2, 0.25) is 10.0 Å². The van der Waals surface area contributed by atoms with Gasteiger partial charge in [-0.05, 0) is 55.3 Å². The molecule has 0 bridgehead atoms. The number of sulfonamides is 1. The van der Waals surface area contributed by atoms with Crippen LogP contribution in [0.15, 0.2) is 53.4 Å². The summed E-state index contributed by atoms with van der Waals surface area (Å²) in [6.07, 6.45) is 0.528. The summed E-state index contributed by atoms with van der Waals surface area (Å²) in [7, 11) is -3.70. The number of aryl methyl sites for hydroxylation is 1. The average molecular weight is 509 g/mol. The zero-order valence-corrected chi connectivity index (χ0v) is 21.0. The number of thiol groups is 1. The second-order valence-electron chi connectivity index (χ2n) is 8.21. The number of aliphatic carboxylic acids is 1. The van der Waals surface area contributed by atoms with Crippen molar-refractivity contribution in [1.29, 1.82) is 0 Å². The minimum absolute atomic E-state index is 0.0748. The van der Waals surface area contributed by atoms with Crippen LogP contribution in [0, 0.1) is 0 Å². The maximum atomic E-state index is 13.4. The van der Waals surface area contributed by atoms with E-state index in [0.717, 1.165) is 18.7 Å². The number of benzene rings is 2. The lowest BCUT2D eigenvalue weighted by molar-refractivity contribution is -0.136. The highest BCUT2D eigenvalue weighted by Crippen LogP contribution is 2.26. The zero-order chi connectivity index (χ0) is 24.6. The van der Waals surface area contributed by atoms with Gasteiger partial charge in [0.15, 0.2) is 0 Å². The number of hydrogen-bond donors (Lipinski definition) is 2. The summed E-state index contributed by atoms with van der Waals surface area (Å²) in [5.74, 6) is 0.690. The van der Waals surface area contributed by atoms with Crippen molar-refractivity contribution in [3.05, 3.63) is 54.1 Å². The van der Waals surface area contributed by atoms with Crippen LogP contribution in [0.5, 0.6) is 11.5 Å². The maximum Gasteiger partial charge on any atom is 0.303 e. The Kier molecular flexibility index (Phi) is 9.78. The number of morpholine rings is 1. The Hall–Kier alpha value is -2.11. The molecule has 1 saturated heterocycles. The molecule has 1 aliphatic rings. The molecule has 0 aromatic heterocycles. The van der Waals surface area contributed by atoms with Crippen LogP contribution in [0.1, 0.15) is 18.9 Å². The fourth-order valence-corrected chi connectivity index (χ4v) is 5.59. The summed E-state index contributed by atoms with van der Waals surface area (Å²) >= 11 is 4.33. The average Bonchev–Trinajstić information content (AvgIpc) is 2.84. The molecule has 186 valence electrons. The van der Waals surface area contributed by atoms with E-state index in [9.17, 15) is 13.2 Å². The van der Waals surface area contributed by atoms with Crippen molar-refractivity contribution >= 4 is 28.6 Å². The van der Waals surface area contributed by atoms with Crippen LogP contribution in [0.4, 0.5) is 0 Å². The molecule has 8 nitrogen and oxygen atoms in total. The monoisotopic (exact) mass is 508 g/mol. The van der Waals surface area contributed by atoms with Crippen molar-refractivity contribution in [3.63, 3.8) is 0 Å². The highest BCUT2D eigenvalue weighted by atomic mass is 32.2. The highest BCUT2D eigenvalue weighted by molar-refractivity contribution is 7.89. The first kappa shape index (κ1) is 26.5. The van der Waals surface area contributed by atoms with Crippen LogP contribution >= 0.6 is 12.6 Å². The van der Waals surface area contributed by atoms with E-state index in [4.69, 9.17) is 14.6 Å². The minimum atomic E-state index is -3.70. The molecule has 1 N–H and O–H groups in total. The number of nitrogens with zero attached hydrogens (tertiary/aromatic N) is 2. The second kappa shape index (κ2) is 12.6. The Balaban J connectivity index is 1.66. The summed E-state index contributed by atoms with van der Waals surface area (Å²) in [6, 6.07) is 13.3. The first-order chi connectivity index (χ1) is 16.3. The Morgan fingerprint density at radius 1 is 1.12 bits per heavy atom. The molecule has 0 spiro atoms. The zero-order valence-electron chi connectivity index (χ0n) is 19.3. The van der Waals surface area contributed by atoms with Crippen LogP contribution in [-0.4, -0.2) is 79.9 Å². The number of rotatable bonds is 12. The van der Waals surface area contributed by atoms with Gasteiger partial charge in [-0.1, -0.05) is 12.1 Å². The van der Waals surface area contributed by atoms with E-state index >= 15 is 0 Å². The predicted octanol–water partition coefficient (Wildman–Crippen LogP) is 3.14. The van der Waals surface area contributed by atoms with E-state index in [-0.39, 0.29) is 17.4 Å². The third kappa shape index (κ3) is 7.44. The van der Waals surface area contributed by atoms with Gasteiger partial charge in [0.25, 0.3) is 0 Å². The number of carboxylic acids is 1. The topological polar surface area (TPSA) is 96.4 Å². The summed E-state index contributed by atoms with van der Waals surface area (Å²) in [4.78, 5) is 13.1. The first-order valence-corrected chi connectivity index (χ1v) is 13.4. The van der Waals surface area contributed by atoms with Crippen molar-refractivity contribution in [1.82, 2.24) is 9.21 Å². The van der Waals surface area contributed by atoms with Gasteiger partial charge >= 0.3 is 5.97 Å². The first-order valence-electron chi connectivity index (χ1n) is 11.3. The molecule has 0 aliphatic carbocycles. The number of hydrogen-bond acceptors (Lipinski definition) is 7. The molecule has 1 fully saturated rings. The van der Waals surface area contributed by atoms with Gasteiger partial charge in [0.1, 0.15) is 11.5 Å². The maximum absolute atomic E-state index is 13.4. The minimum Gasteiger partial charge on any atom is -0.481 e. The Morgan fingerprint density at radius 3 is 2.26 bits per heavy atom. The molecule has 2 aromatic carbocycles. The fraction of sp³-hybridized carbons (Fsp3) is 0.458. The molecule has 10 heteroatoms. The lowest BCUT2D eigenvalue weighted by Gasteiger charge is -2.32. The van der Waals surface area contributed by atoms with Crippen LogP contribution in [0.3, 0.4) is 0 Å². The van der Waals surface area contributed by atoms with Crippen molar-refractivity contribution in [2.75, 3.05) is 45.1 Å².